The van der Waals surface area contributed by atoms with Gasteiger partial charge in [0.25, 0.3) is 0 Å². The van der Waals surface area contributed by atoms with Gasteiger partial charge < -0.3 is 4.18 Å². The molecule has 0 spiro atoms. The van der Waals surface area contributed by atoms with Gasteiger partial charge in [0, 0.05) is 10.6 Å². The van der Waals surface area contributed by atoms with Gasteiger partial charge in [-0.05, 0) is 40.9 Å². The average Bonchev–Trinajstić information content (AvgIpc) is 2.59. The zero-order valence-corrected chi connectivity index (χ0v) is 11.5. The molecular weight excluding hydrogens is 280 g/mol. The van der Waals surface area contributed by atoms with E-state index in [2.05, 4.69) is 0 Å². The van der Waals surface area contributed by atoms with Gasteiger partial charge in [0.2, 0.25) is 0 Å². The quantitative estimate of drug-likeness (QED) is 0.642. The van der Waals surface area contributed by atoms with E-state index < -0.39 is 10.1 Å². The van der Waals surface area contributed by atoms with Gasteiger partial charge in [-0.25, -0.2) is 0 Å². The fourth-order valence-corrected chi connectivity index (χ4v) is 3.27. The summed E-state index contributed by atoms with van der Waals surface area (Å²) in [5.74, 6) is 0.923. The van der Waals surface area contributed by atoms with Gasteiger partial charge in [0.05, 0.1) is 6.26 Å². The minimum Gasteiger partial charge on any atom is -0.383 e. The van der Waals surface area contributed by atoms with Crippen LogP contribution in [-0.2, 0) is 16.5 Å². The molecule has 17 heavy (non-hydrogen) atoms. The Morgan fingerprint density at radius 3 is 2.82 bits per heavy atom. The maximum absolute atomic E-state index is 11.0. The van der Waals surface area contributed by atoms with Gasteiger partial charge in [-0.15, -0.1) is 22.9 Å². The average molecular weight is 291 g/mol. The van der Waals surface area contributed by atoms with Gasteiger partial charge >= 0.3 is 10.1 Å². The molecule has 0 fully saturated rings. The normalized spacial score (nSPS) is 11.9. The minimum atomic E-state index is -3.47. The highest BCUT2D eigenvalue weighted by Gasteiger charge is 2.08. The van der Waals surface area contributed by atoms with Gasteiger partial charge in [-0.2, -0.15) is 8.42 Å². The standard InChI is InChI=1S/C11H11ClO3S2/c1-17(13,14)15-9-2-3-10-8(4-5-12)7-16-11(10)6-9/h2-3,6-7H,4-5H2,1H3. The van der Waals surface area contributed by atoms with Gasteiger partial charge in [-0.3, -0.25) is 0 Å². The van der Waals surface area contributed by atoms with Crippen LogP contribution in [0.4, 0.5) is 0 Å². The van der Waals surface area contributed by atoms with Crippen molar-refractivity contribution in [2.24, 2.45) is 0 Å². The molecule has 0 bridgehead atoms. The summed E-state index contributed by atoms with van der Waals surface area (Å²) in [5, 5.41) is 3.15. The third-order valence-corrected chi connectivity index (χ3v) is 3.92. The van der Waals surface area contributed by atoms with Crippen molar-refractivity contribution < 1.29 is 12.6 Å². The Hall–Kier alpha value is -0.780. The van der Waals surface area contributed by atoms with E-state index in [1.165, 1.54) is 5.56 Å². The lowest BCUT2D eigenvalue weighted by Gasteiger charge is -2.02. The second-order valence-corrected chi connectivity index (χ2v) is 6.51. The van der Waals surface area contributed by atoms with Gasteiger partial charge in [-0.1, -0.05) is 0 Å². The molecule has 0 saturated carbocycles. The van der Waals surface area contributed by atoms with Gasteiger partial charge in [0.1, 0.15) is 5.75 Å². The van der Waals surface area contributed by atoms with Crippen LogP contribution < -0.4 is 4.18 Å². The summed E-state index contributed by atoms with van der Waals surface area (Å²) < 4.78 is 27.9. The van der Waals surface area contributed by atoms with E-state index in [-0.39, 0.29) is 0 Å². The maximum atomic E-state index is 11.0. The minimum absolute atomic E-state index is 0.347. The number of hydrogen-bond donors (Lipinski definition) is 0. The molecule has 0 aliphatic rings. The molecule has 2 aromatic rings. The molecule has 3 nitrogen and oxygen atoms in total. The SMILES string of the molecule is CS(=O)(=O)Oc1ccc2c(CCCl)csc2c1. The maximum Gasteiger partial charge on any atom is 0.306 e. The molecule has 92 valence electrons. The van der Waals surface area contributed by atoms with Crippen molar-refractivity contribution in [3.8, 4) is 5.75 Å². The smallest absolute Gasteiger partial charge is 0.306 e. The zero-order chi connectivity index (χ0) is 12.5. The van der Waals surface area contributed by atoms with E-state index in [0.29, 0.717) is 11.6 Å². The summed E-state index contributed by atoms with van der Waals surface area (Å²) >= 11 is 7.27. The molecule has 1 aromatic heterocycles. The molecule has 1 aromatic carbocycles. The Balaban J connectivity index is 2.39. The van der Waals surface area contributed by atoms with Crippen LogP contribution in [0.3, 0.4) is 0 Å². The highest BCUT2D eigenvalue weighted by molar-refractivity contribution is 7.86. The molecule has 0 N–H and O–H groups in total. The number of aryl methyl sites for hydroxylation is 1. The second kappa shape index (κ2) is 4.84. The fourth-order valence-electron chi connectivity index (χ4n) is 1.59. The number of rotatable bonds is 4. The van der Waals surface area contributed by atoms with Crippen molar-refractivity contribution in [2.45, 2.75) is 6.42 Å². The Kier molecular flexibility index (Phi) is 3.61. The van der Waals surface area contributed by atoms with Crippen molar-refractivity contribution in [3.05, 3.63) is 29.1 Å². The summed E-state index contributed by atoms with van der Waals surface area (Å²) in [6.07, 6.45) is 1.85. The number of benzene rings is 1. The Morgan fingerprint density at radius 1 is 1.41 bits per heavy atom. The van der Waals surface area contributed by atoms with Crippen LogP contribution in [0.5, 0.6) is 5.75 Å². The number of fused-ring (bicyclic) bond motifs is 1. The van der Waals surface area contributed by atoms with Crippen LogP contribution in [-0.4, -0.2) is 20.6 Å². The van der Waals surface area contributed by atoms with Gasteiger partial charge in [0.15, 0.2) is 0 Å². The zero-order valence-electron chi connectivity index (χ0n) is 9.14. The molecule has 0 unspecified atom stereocenters. The van der Waals surface area contributed by atoms with Crippen molar-refractivity contribution in [1.82, 2.24) is 0 Å². The van der Waals surface area contributed by atoms with Crippen molar-refractivity contribution >= 4 is 43.1 Å². The molecular formula is C11H11ClO3S2. The lowest BCUT2D eigenvalue weighted by molar-refractivity contribution is 0.493. The molecule has 0 amide bonds. The number of thiophene rings is 1. The summed E-state index contributed by atoms with van der Waals surface area (Å²) in [5.41, 5.74) is 1.19. The van der Waals surface area contributed by atoms with Crippen LogP contribution >= 0.6 is 22.9 Å². The van der Waals surface area contributed by atoms with Crippen LogP contribution in [0.25, 0.3) is 10.1 Å². The van der Waals surface area contributed by atoms with E-state index in [1.807, 2.05) is 11.4 Å². The predicted molar refractivity (Wildman–Crippen MR) is 71.7 cm³/mol. The lowest BCUT2D eigenvalue weighted by Crippen LogP contribution is -2.05. The summed E-state index contributed by atoms with van der Waals surface area (Å²) in [6, 6.07) is 5.26. The first-order chi connectivity index (χ1) is 7.99. The Bertz CT molecular complexity index is 631. The lowest BCUT2D eigenvalue weighted by atomic mass is 10.1. The fraction of sp³-hybridized carbons (Fsp3) is 0.273. The topological polar surface area (TPSA) is 43.4 Å². The number of alkyl halides is 1. The van der Waals surface area contributed by atoms with E-state index >= 15 is 0 Å². The van der Waals surface area contributed by atoms with Crippen molar-refractivity contribution in [3.63, 3.8) is 0 Å². The molecule has 2 rings (SSSR count). The molecule has 0 aliphatic heterocycles. The summed E-state index contributed by atoms with van der Waals surface area (Å²) in [7, 11) is -3.47. The van der Waals surface area contributed by atoms with E-state index in [4.69, 9.17) is 15.8 Å². The third kappa shape index (κ3) is 3.12. The van der Waals surface area contributed by atoms with E-state index in [1.54, 1.807) is 23.5 Å². The highest BCUT2D eigenvalue weighted by atomic mass is 35.5. The van der Waals surface area contributed by atoms with Crippen LogP contribution in [0.15, 0.2) is 23.6 Å². The molecule has 0 saturated heterocycles. The molecule has 0 aliphatic carbocycles. The largest absolute Gasteiger partial charge is 0.383 e. The monoisotopic (exact) mass is 290 g/mol. The second-order valence-electron chi connectivity index (χ2n) is 3.65. The molecule has 0 atom stereocenters. The van der Waals surface area contributed by atoms with Crippen molar-refractivity contribution in [1.29, 1.82) is 0 Å². The molecule has 1 heterocycles. The Labute approximate surface area is 109 Å². The summed E-state index contributed by atoms with van der Waals surface area (Å²) in [4.78, 5) is 0. The van der Waals surface area contributed by atoms with Crippen LogP contribution in [0.1, 0.15) is 5.56 Å². The summed E-state index contributed by atoms with van der Waals surface area (Å²) in [6.45, 7) is 0. The first kappa shape index (κ1) is 12.7. The Morgan fingerprint density at radius 2 is 2.18 bits per heavy atom. The number of hydrogen-bond acceptors (Lipinski definition) is 4. The third-order valence-electron chi connectivity index (χ3n) is 2.24. The highest BCUT2D eigenvalue weighted by Crippen LogP contribution is 2.30. The van der Waals surface area contributed by atoms with Crippen LogP contribution in [0, 0.1) is 0 Å². The van der Waals surface area contributed by atoms with E-state index in [9.17, 15) is 8.42 Å². The first-order valence-electron chi connectivity index (χ1n) is 4.95. The first-order valence-corrected chi connectivity index (χ1v) is 8.18. The predicted octanol–water partition coefficient (Wildman–Crippen LogP) is 3.02. The van der Waals surface area contributed by atoms with Crippen molar-refractivity contribution in [2.75, 3.05) is 12.1 Å². The van der Waals surface area contributed by atoms with Crippen LogP contribution in [0.2, 0.25) is 0 Å². The number of halogens is 1. The molecule has 0 radical (unpaired) electrons. The molecule has 6 heteroatoms. The van der Waals surface area contributed by atoms with E-state index in [0.717, 1.165) is 22.8 Å².